The highest BCUT2D eigenvalue weighted by molar-refractivity contribution is 6.38. The van der Waals surface area contributed by atoms with E-state index in [1.807, 2.05) is 0 Å². The Balaban J connectivity index is 1.70. The summed E-state index contributed by atoms with van der Waals surface area (Å²) in [6.45, 7) is 0. The van der Waals surface area contributed by atoms with Crippen molar-refractivity contribution in [3.8, 4) is 22.8 Å². The van der Waals surface area contributed by atoms with E-state index in [1.165, 1.54) is 32.5 Å². The molecule has 1 N–H and O–H groups in total. The average Bonchev–Trinajstić information content (AvgIpc) is 3.33. The van der Waals surface area contributed by atoms with E-state index in [9.17, 15) is 14.0 Å². The van der Waals surface area contributed by atoms with Crippen molar-refractivity contribution in [3.05, 3.63) is 65.6 Å². The lowest BCUT2D eigenvalue weighted by Crippen LogP contribution is -2.29. The van der Waals surface area contributed by atoms with Gasteiger partial charge in [-0.3, -0.25) is 14.7 Å². The number of ether oxygens (including phenoxy) is 2. The highest BCUT2D eigenvalue weighted by Gasteiger charge is 2.41. The number of methoxy groups -OCH3 is 2. The minimum atomic E-state index is -0.527. The number of hydrogen-bond donors (Lipinski definition) is 1. The predicted molar refractivity (Wildman–Crippen MR) is 110 cm³/mol. The number of benzene rings is 2. The Bertz CT molecular complexity index is 1360. The fraction of sp³-hybridized carbons (Fsp3) is 0.0909. The molecule has 31 heavy (non-hydrogen) atoms. The molecule has 8 nitrogen and oxygen atoms in total. The molecule has 0 saturated heterocycles. The van der Waals surface area contributed by atoms with Crippen LogP contribution in [-0.2, 0) is 0 Å². The number of nitrogens with one attached hydrogen (secondary N) is 1. The number of rotatable bonds is 4. The second-order valence-corrected chi connectivity index (χ2v) is 6.83. The van der Waals surface area contributed by atoms with E-state index >= 15 is 0 Å². The van der Waals surface area contributed by atoms with Gasteiger partial charge in [-0.05, 0) is 36.4 Å². The first-order valence-corrected chi connectivity index (χ1v) is 9.27. The van der Waals surface area contributed by atoms with Crippen molar-refractivity contribution in [3.63, 3.8) is 0 Å². The molecule has 0 unspecified atom stereocenters. The van der Waals surface area contributed by atoms with Crippen LogP contribution in [0.15, 0.2) is 48.7 Å². The van der Waals surface area contributed by atoms with E-state index in [4.69, 9.17) is 9.47 Å². The van der Waals surface area contributed by atoms with Gasteiger partial charge in [0, 0.05) is 17.8 Å². The van der Waals surface area contributed by atoms with Gasteiger partial charge in [0.15, 0.2) is 5.65 Å². The zero-order valence-corrected chi connectivity index (χ0v) is 16.5. The summed E-state index contributed by atoms with van der Waals surface area (Å²) in [6, 6.07) is 10.5. The van der Waals surface area contributed by atoms with Gasteiger partial charge in [-0.25, -0.2) is 14.3 Å². The van der Waals surface area contributed by atoms with Crippen molar-refractivity contribution < 1.29 is 23.5 Å². The lowest BCUT2D eigenvalue weighted by atomic mass is 10.0. The number of fused-ring (bicyclic) bond motifs is 3. The Labute approximate surface area is 175 Å². The first kappa shape index (κ1) is 18.7. The van der Waals surface area contributed by atoms with Crippen LogP contribution < -0.4 is 14.4 Å². The number of carbonyl (C=O) groups excluding carboxylic acids is 2. The minimum Gasteiger partial charge on any atom is -0.497 e. The van der Waals surface area contributed by atoms with Crippen molar-refractivity contribution in [1.29, 1.82) is 0 Å². The van der Waals surface area contributed by atoms with E-state index in [0.717, 1.165) is 4.90 Å². The molecule has 4 aromatic rings. The summed E-state index contributed by atoms with van der Waals surface area (Å²) < 4.78 is 23.9. The van der Waals surface area contributed by atoms with E-state index in [2.05, 4.69) is 15.2 Å². The van der Waals surface area contributed by atoms with Crippen LogP contribution in [0.5, 0.6) is 11.5 Å². The second-order valence-electron chi connectivity index (χ2n) is 6.83. The summed E-state index contributed by atoms with van der Waals surface area (Å²) in [5.74, 6) is -0.608. The van der Waals surface area contributed by atoms with Crippen LogP contribution in [0.2, 0.25) is 0 Å². The summed E-state index contributed by atoms with van der Waals surface area (Å²) in [5.41, 5.74) is 1.99. The Morgan fingerprint density at radius 1 is 1.00 bits per heavy atom. The number of aromatic amines is 1. The molecule has 0 spiro atoms. The molecule has 1 aliphatic heterocycles. The van der Waals surface area contributed by atoms with Crippen LogP contribution in [0, 0.1) is 5.82 Å². The van der Waals surface area contributed by atoms with E-state index in [1.54, 1.807) is 30.3 Å². The molecule has 0 fully saturated rings. The van der Waals surface area contributed by atoms with E-state index < -0.39 is 11.8 Å². The quantitative estimate of drug-likeness (QED) is 0.509. The Morgan fingerprint density at radius 2 is 1.77 bits per heavy atom. The molecule has 154 valence electrons. The minimum absolute atomic E-state index is 0.153. The third kappa shape index (κ3) is 2.74. The predicted octanol–water partition coefficient (Wildman–Crippen LogP) is 3.58. The third-order valence-corrected chi connectivity index (χ3v) is 5.19. The molecule has 2 aromatic heterocycles. The lowest BCUT2D eigenvalue weighted by Gasteiger charge is -2.18. The number of halogens is 1. The molecule has 0 bridgehead atoms. The normalized spacial score (nSPS) is 13.1. The molecule has 0 radical (unpaired) electrons. The molecular weight excluding hydrogens is 403 g/mol. The number of nitrogens with zero attached hydrogens (tertiary/aromatic N) is 3. The van der Waals surface area contributed by atoms with Gasteiger partial charge in [0.05, 0.1) is 42.1 Å². The number of imide groups is 1. The number of anilines is 1. The maximum absolute atomic E-state index is 13.5. The maximum atomic E-state index is 13.5. The number of H-pyrrole nitrogens is 1. The van der Waals surface area contributed by atoms with Crippen molar-refractivity contribution in [2.24, 2.45) is 0 Å². The fourth-order valence-electron chi connectivity index (χ4n) is 3.71. The van der Waals surface area contributed by atoms with Gasteiger partial charge in [0.1, 0.15) is 17.3 Å². The van der Waals surface area contributed by atoms with Gasteiger partial charge in [-0.2, -0.15) is 5.10 Å². The van der Waals surface area contributed by atoms with Crippen molar-refractivity contribution in [1.82, 2.24) is 15.2 Å². The van der Waals surface area contributed by atoms with Crippen LogP contribution in [-0.4, -0.2) is 41.2 Å². The largest absolute Gasteiger partial charge is 0.497 e. The zero-order valence-electron chi connectivity index (χ0n) is 16.5. The number of hydrogen-bond acceptors (Lipinski definition) is 6. The third-order valence-electron chi connectivity index (χ3n) is 5.19. The molecule has 3 heterocycles. The van der Waals surface area contributed by atoms with Crippen LogP contribution >= 0.6 is 0 Å². The maximum Gasteiger partial charge on any atom is 0.267 e. The second kappa shape index (κ2) is 6.91. The summed E-state index contributed by atoms with van der Waals surface area (Å²) in [4.78, 5) is 31.9. The van der Waals surface area contributed by atoms with E-state index in [-0.39, 0.29) is 28.3 Å². The average molecular weight is 418 g/mol. The van der Waals surface area contributed by atoms with E-state index in [0.29, 0.717) is 28.1 Å². The van der Waals surface area contributed by atoms with Crippen LogP contribution in [0.3, 0.4) is 0 Å². The Kier molecular flexibility index (Phi) is 4.18. The number of aromatic nitrogens is 3. The lowest BCUT2D eigenvalue weighted by molar-refractivity contribution is 0.0925. The monoisotopic (exact) mass is 418 g/mol. The van der Waals surface area contributed by atoms with Crippen molar-refractivity contribution in [2.45, 2.75) is 0 Å². The molecule has 2 amide bonds. The molecule has 2 aromatic carbocycles. The standard InChI is InChI=1S/C22H15FN4O4/c1-30-13-7-8-15(16(9-13)31-2)27-21(28)14-10-24-20-18(17(14)22(27)29)19(25-26-20)11-3-5-12(23)6-4-11/h3-10H,1-2H3,(H,24,25,26). The van der Waals surface area contributed by atoms with Gasteiger partial charge in [0.2, 0.25) is 0 Å². The molecular formula is C22H15FN4O4. The van der Waals surface area contributed by atoms with Crippen LogP contribution in [0.4, 0.5) is 10.1 Å². The van der Waals surface area contributed by atoms with Gasteiger partial charge in [-0.15, -0.1) is 0 Å². The summed E-state index contributed by atoms with van der Waals surface area (Å²) in [6.07, 6.45) is 1.34. The van der Waals surface area contributed by atoms with Gasteiger partial charge in [0.25, 0.3) is 11.8 Å². The highest BCUT2D eigenvalue weighted by atomic mass is 19.1. The molecule has 1 aliphatic rings. The van der Waals surface area contributed by atoms with Gasteiger partial charge < -0.3 is 9.47 Å². The molecule has 5 rings (SSSR count). The molecule has 9 heteroatoms. The smallest absolute Gasteiger partial charge is 0.267 e. The number of pyridine rings is 1. The fourth-order valence-corrected chi connectivity index (χ4v) is 3.71. The SMILES string of the molecule is COc1ccc(N2C(=O)c3cnc4n[nH]c(-c5ccc(F)cc5)c4c3C2=O)c(OC)c1. The highest BCUT2D eigenvalue weighted by Crippen LogP contribution is 2.40. The number of carbonyl (C=O) groups is 2. The molecule has 0 atom stereocenters. The zero-order chi connectivity index (χ0) is 21.7. The summed E-state index contributed by atoms with van der Waals surface area (Å²) in [7, 11) is 2.95. The first-order valence-electron chi connectivity index (χ1n) is 9.27. The van der Waals surface area contributed by atoms with Crippen molar-refractivity contribution in [2.75, 3.05) is 19.1 Å². The first-order chi connectivity index (χ1) is 15.0. The number of amides is 2. The molecule has 0 aliphatic carbocycles. The Hall–Kier alpha value is -4.27. The summed E-state index contributed by atoms with van der Waals surface area (Å²) >= 11 is 0. The Morgan fingerprint density at radius 3 is 2.48 bits per heavy atom. The van der Waals surface area contributed by atoms with Gasteiger partial charge >= 0.3 is 0 Å². The van der Waals surface area contributed by atoms with Gasteiger partial charge in [-0.1, -0.05) is 0 Å². The topological polar surface area (TPSA) is 97.4 Å². The molecule has 0 saturated carbocycles. The van der Waals surface area contributed by atoms with Crippen LogP contribution in [0.25, 0.3) is 22.3 Å². The van der Waals surface area contributed by atoms with Crippen LogP contribution in [0.1, 0.15) is 20.7 Å². The van der Waals surface area contributed by atoms with Crippen molar-refractivity contribution >= 4 is 28.5 Å². The summed E-state index contributed by atoms with van der Waals surface area (Å²) in [5, 5.41) is 7.40.